The second-order valence-electron chi connectivity index (χ2n) is 5.25. The lowest BCUT2D eigenvalue weighted by molar-refractivity contribution is -0.118. The molecule has 0 aliphatic carbocycles. The van der Waals surface area contributed by atoms with Gasteiger partial charge in [0.2, 0.25) is 0 Å². The number of anilines is 1. The third-order valence-electron chi connectivity index (χ3n) is 3.42. The number of aryl methyl sites for hydroxylation is 1. The van der Waals surface area contributed by atoms with E-state index < -0.39 is 17.3 Å². The van der Waals surface area contributed by atoms with Crippen molar-refractivity contribution in [2.75, 3.05) is 11.9 Å². The molecule has 0 aliphatic heterocycles. The first-order valence-corrected chi connectivity index (χ1v) is 7.24. The third kappa shape index (κ3) is 3.60. The Labute approximate surface area is 136 Å². The number of halogens is 1. The Hall–Kier alpha value is -3.15. The van der Waals surface area contributed by atoms with E-state index in [1.807, 2.05) is 0 Å². The van der Waals surface area contributed by atoms with Gasteiger partial charge in [0.1, 0.15) is 17.1 Å². The highest BCUT2D eigenvalue weighted by Gasteiger charge is 2.07. The summed E-state index contributed by atoms with van der Waals surface area (Å²) in [4.78, 5) is 23.1. The monoisotopic (exact) mass is 327 g/mol. The predicted octanol–water partition coefficient (Wildman–Crippen LogP) is 3.26. The van der Waals surface area contributed by atoms with E-state index in [1.54, 1.807) is 37.3 Å². The molecule has 0 fully saturated rings. The van der Waals surface area contributed by atoms with Gasteiger partial charge in [0.05, 0.1) is 0 Å². The fraction of sp³-hybridized carbons (Fsp3) is 0.111. The summed E-state index contributed by atoms with van der Waals surface area (Å²) >= 11 is 0. The van der Waals surface area contributed by atoms with Crippen LogP contribution in [0.15, 0.2) is 57.7 Å². The highest BCUT2D eigenvalue weighted by molar-refractivity contribution is 5.92. The summed E-state index contributed by atoms with van der Waals surface area (Å²) in [7, 11) is 0. The Bertz CT molecular complexity index is 965. The zero-order chi connectivity index (χ0) is 17.1. The summed E-state index contributed by atoms with van der Waals surface area (Å²) < 4.78 is 23.9. The molecule has 1 heterocycles. The number of rotatable bonds is 4. The van der Waals surface area contributed by atoms with Crippen molar-refractivity contribution in [1.82, 2.24) is 0 Å². The Kier molecular flexibility index (Phi) is 4.29. The Balaban J connectivity index is 1.65. The second kappa shape index (κ2) is 6.54. The van der Waals surface area contributed by atoms with Gasteiger partial charge in [0, 0.05) is 23.2 Å². The first-order chi connectivity index (χ1) is 11.5. The van der Waals surface area contributed by atoms with Crippen molar-refractivity contribution in [3.05, 3.63) is 70.3 Å². The number of hydrogen-bond donors (Lipinski definition) is 1. The van der Waals surface area contributed by atoms with Crippen LogP contribution >= 0.6 is 0 Å². The van der Waals surface area contributed by atoms with Gasteiger partial charge in [-0.15, -0.1) is 0 Å². The molecule has 3 rings (SSSR count). The molecule has 0 saturated carbocycles. The molecule has 0 aliphatic rings. The number of carbonyl (C=O) groups is 1. The van der Waals surface area contributed by atoms with E-state index in [1.165, 1.54) is 18.2 Å². The number of ether oxygens (including phenoxy) is 1. The predicted molar refractivity (Wildman–Crippen MR) is 87.7 cm³/mol. The van der Waals surface area contributed by atoms with Gasteiger partial charge in [-0.1, -0.05) is 6.07 Å². The van der Waals surface area contributed by atoms with Crippen molar-refractivity contribution in [3.8, 4) is 5.75 Å². The van der Waals surface area contributed by atoms with Gasteiger partial charge in [-0.3, -0.25) is 4.79 Å². The lowest BCUT2D eigenvalue weighted by Gasteiger charge is -2.08. The zero-order valence-electron chi connectivity index (χ0n) is 12.8. The number of nitrogens with one attached hydrogen (secondary N) is 1. The number of amides is 1. The smallest absolute Gasteiger partial charge is 0.336 e. The van der Waals surface area contributed by atoms with E-state index in [0.717, 1.165) is 5.39 Å². The van der Waals surface area contributed by atoms with Crippen LogP contribution in [-0.4, -0.2) is 12.5 Å². The Morgan fingerprint density at radius 3 is 2.75 bits per heavy atom. The molecule has 0 saturated heterocycles. The molecule has 0 bridgehead atoms. The third-order valence-corrected chi connectivity index (χ3v) is 3.42. The molecule has 122 valence electrons. The average molecular weight is 327 g/mol. The van der Waals surface area contributed by atoms with Crippen LogP contribution in [0.5, 0.6) is 5.75 Å². The molecule has 0 radical (unpaired) electrons. The molecular formula is C18H14FNO4. The molecule has 1 amide bonds. The van der Waals surface area contributed by atoms with Crippen LogP contribution in [-0.2, 0) is 4.79 Å². The minimum absolute atomic E-state index is 0.252. The van der Waals surface area contributed by atoms with Gasteiger partial charge < -0.3 is 14.5 Å². The molecule has 2 aromatic carbocycles. The minimum Gasteiger partial charge on any atom is -0.484 e. The van der Waals surface area contributed by atoms with E-state index in [2.05, 4.69) is 5.32 Å². The molecule has 1 N–H and O–H groups in total. The molecular weight excluding hydrogens is 313 g/mol. The summed E-state index contributed by atoms with van der Waals surface area (Å²) in [5, 5.41) is 3.30. The van der Waals surface area contributed by atoms with Gasteiger partial charge >= 0.3 is 5.63 Å². The quantitative estimate of drug-likeness (QED) is 0.747. The van der Waals surface area contributed by atoms with Gasteiger partial charge in [0.25, 0.3) is 5.91 Å². The van der Waals surface area contributed by atoms with Gasteiger partial charge in [-0.25, -0.2) is 9.18 Å². The van der Waals surface area contributed by atoms with Crippen LogP contribution in [0.4, 0.5) is 10.1 Å². The van der Waals surface area contributed by atoms with Crippen molar-refractivity contribution in [3.63, 3.8) is 0 Å². The fourth-order valence-electron chi connectivity index (χ4n) is 2.15. The van der Waals surface area contributed by atoms with Crippen molar-refractivity contribution >= 4 is 22.6 Å². The van der Waals surface area contributed by atoms with Gasteiger partial charge in [-0.2, -0.15) is 0 Å². The minimum atomic E-state index is -0.459. The van der Waals surface area contributed by atoms with E-state index >= 15 is 0 Å². The SMILES string of the molecule is Cc1ccc(NC(=O)COc2ccc3ccc(=O)oc3c2)cc1F. The number of carbonyl (C=O) groups excluding carboxylic acids is 1. The normalized spacial score (nSPS) is 10.6. The molecule has 1 aromatic heterocycles. The van der Waals surface area contributed by atoms with Crippen LogP contribution in [0.2, 0.25) is 0 Å². The summed E-state index contributed by atoms with van der Waals surface area (Å²) in [6.07, 6.45) is 0. The molecule has 0 unspecified atom stereocenters. The maximum absolute atomic E-state index is 13.4. The van der Waals surface area contributed by atoms with Crippen molar-refractivity contribution in [2.45, 2.75) is 6.92 Å². The van der Waals surface area contributed by atoms with Gasteiger partial charge in [0.15, 0.2) is 6.61 Å². The van der Waals surface area contributed by atoms with Crippen LogP contribution in [0, 0.1) is 12.7 Å². The van der Waals surface area contributed by atoms with Crippen molar-refractivity contribution < 1.29 is 18.3 Å². The van der Waals surface area contributed by atoms with E-state index in [9.17, 15) is 14.0 Å². The average Bonchev–Trinajstić information content (AvgIpc) is 2.56. The van der Waals surface area contributed by atoms with Crippen LogP contribution < -0.4 is 15.7 Å². The van der Waals surface area contributed by atoms with Crippen molar-refractivity contribution in [1.29, 1.82) is 0 Å². The van der Waals surface area contributed by atoms with E-state index in [4.69, 9.17) is 9.15 Å². The zero-order valence-corrected chi connectivity index (χ0v) is 12.8. The lowest BCUT2D eigenvalue weighted by Crippen LogP contribution is -2.20. The van der Waals surface area contributed by atoms with Crippen LogP contribution in [0.25, 0.3) is 11.0 Å². The highest BCUT2D eigenvalue weighted by Crippen LogP contribution is 2.19. The largest absolute Gasteiger partial charge is 0.484 e. The summed E-state index contributed by atoms with van der Waals surface area (Å²) in [5.41, 5.74) is 0.776. The first kappa shape index (κ1) is 15.7. The van der Waals surface area contributed by atoms with Gasteiger partial charge in [-0.05, 0) is 42.8 Å². The molecule has 24 heavy (non-hydrogen) atoms. The fourth-order valence-corrected chi connectivity index (χ4v) is 2.15. The summed E-state index contributed by atoms with van der Waals surface area (Å²) in [6.45, 7) is 1.39. The molecule has 0 spiro atoms. The molecule has 6 heteroatoms. The van der Waals surface area contributed by atoms with Crippen LogP contribution in [0.3, 0.4) is 0 Å². The molecule has 0 atom stereocenters. The van der Waals surface area contributed by atoms with Crippen molar-refractivity contribution in [2.24, 2.45) is 0 Å². The number of benzene rings is 2. The maximum Gasteiger partial charge on any atom is 0.336 e. The Morgan fingerprint density at radius 2 is 1.96 bits per heavy atom. The summed E-state index contributed by atoms with van der Waals surface area (Å²) in [5.74, 6) is -0.423. The van der Waals surface area contributed by atoms with E-state index in [-0.39, 0.29) is 6.61 Å². The Morgan fingerprint density at radius 1 is 1.17 bits per heavy atom. The maximum atomic E-state index is 13.4. The number of hydrogen-bond acceptors (Lipinski definition) is 4. The topological polar surface area (TPSA) is 68.5 Å². The summed E-state index contributed by atoms with van der Waals surface area (Å²) in [6, 6.07) is 12.3. The first-order valence-electron chi connectivity index (χ1n) is 7.24. The highest BCUT2D eigenvalue weighted by atomic mass is 19.1. The molecule has 5 nitrogen and oxygen atoms in total. The van der Waals surface area contributed by atoms with Crippen LogP contribution in [0.1, 0.15) is 5.56 Å². The van der Waals surface area contributed by atoms with E-state index in [0.29, 0.717) is 22.6 Å². The lowest BCUT2D eigenvalue weighted by atomic mass is 10.2. The standard InChI is InChI=1S/C18H14FNO4/c1-11-2-5-13(8-15(11)19)20-17(21)10-23-14-6-3-12-4-7-18(22)24-16(12)9-14/h2-9H,10H2,1H3,(H,20,21). The number of fused-ring (bicyclic) bond motifs is 1. The molecule has 3 aromatic rings. The second-order valence-corrected chi connectivity index (χ2v) is 5.25.